The smallest absolute Gasteiger partial charge is 0.240 e. The molecule has 0 heterocycles. The van der Waals surface area contributed by atoms with Gasteiger partial charge in [-0.15, -0.1) is 0 Å². The average Bonchev–Trinajstić information content (AvgIpc) is 2.30. The van der Waals surface area contributed by atoms with Gasteiger partial charge in [-0.05, 0) is 24.6 Å². The Balaban J connectivity index is 2.80. The molecule has 0 unspecified atom stereocenters. The van der Waals surface area contributed by atoms with E-state index in [1.165, 1.54) is 12.1 Å². The van der Waals surface area contributed by atoms with E-state index in [9.17, 15) is 16.8 Å². The highest BCUT2D eigenvalue weighted by Crippen LogP contribution is 2.25. The Bertz CT molecular complexity index is 678. The van der Waals surface area contributed by atoms with Crippen molar-refractivity contribution in [2.24, 2.45) is 0 Å². The lowest BCUT2D eigenvalue weighted by molar-refractivity contribution is 0.573. The summed E-state index contributed by atoms with van der Waals surface area (Å²) in [5.41, 5.74) is 6.53. The normalized spacial score (nSPS) is 12.6. The fraction of sp³-hybridized carbons (Fsp3) is 0.400. The third-order valence-electron chi connectivity index (χ3n) is 2.45. The zero-order chi connectivity index (χ0) is 15.6. The highest BCUT2D eigenvalue weighted by atomic mass is 35.5. The molecule has 0 aliphatic carbocycles. The van der Waals surface area contributed by atoms with Crippen molar-refractivity contribution >= 4 is 37.3 Å². The second-order valence-electron chi connectivity index (χ2n) is 4.18. The first kappa shape index (κ1) is 17.2. The van der Waals surface area contributed by atoms with E-state index in [1.54, 1.807) is 6.92 Å². The van der Waals surface area contributed by atoms with E-state index >= 15 is 0 Å². The zero-order valence-corrected chi connectivity index (χ0v) is 13.4. The Hall–Kier alpha value is -0.870. The van der Waals surface area contributed by atoms with Crippen LogP contribution in [0.1, 0.15) is 5.56 Å². The standard InChI is InChI=1S/C10H16ClN3O4S2/c1-7-9(11)5-8(6-10(7)12)20(17,18)14-4-3-13-19(2,15)16/h5-6,13-14H,3-4,12H2,1-2H3. The van der Waals surface area contributed by atoms with E-state index in [0.717, 1.165) is 6.26 Å². The number of hydrogen-bond donors (Lipinski definition) is 3. The van der Waals surface area contributed by atoms with E-state index in [0.29, 0.717) is 5.56 Å². The molecule has 4 N–H and O–H groups in total. The number of nitrogens with one attached hydrogen (secondary N) is 2. The van der Waals surface area contributed by atoms with E-state index < -0.39 is 20.0 Å². The van der Waals surface area contributed by atoms with Crippen LogP contribution in [0.4, 0.5) is 5.69 Å². The molecule has 1 aromatic rings. The highest BCUT2D eigenvalue weighted by Gasteiger charge is 2.16. The predicted molar refractivity (Wildman–Crippen MR) is 78.6 cm³/mol. The second kappa shape index (κ2) is 6.27. The summed E-state index contributed by atoms with van der Waals surface area (Å²) in [6.45, 7) is 1.55. The lowest BCUT2D eigenvalue weighted by atomic mass is 10.2. The number of halogens is 1. The lowest BCUT2D eigenvalue weighted by Gasteiger charge is -2.10. The molecule has 0 fully saturated rings. The fourth-order valence-corrected chi connectivity index (χ4v) is 3.19. The van der Waals surface area contributed by atoms with Gasteiger partial charge in [0.2, 0.25) is 20.0 Å². The van der Waals surface area contributed by atoms with E-state index in [2.05, 4.69) is 9.44 Å². The first-order valence-corrected chi connectivity index (χ1v) is 9.28. The topological polar surface area (TPSA) is 118 Å². The summed E-state index contributed by atoms with van der Waals surface area (Å²) in [4.78, 5) is -0.0649. The molecule has 0 aliphatic rings. The summed E-state index contributed by atoms with van der Waals surface area (Å²) < 4.78 is 50.0. The van der Waals surface area contributed by atoms with Crippen molar-refractivity contribution in [3.05, 3.63) is 22.7 Å². The van der Waals surface area contributed by atoms with Crippen LogP contribution in [0.25, 0.3) is 0 Å². The van der Waals surface area contributed by atoms with Crippen molar-refractivity contribution in [3.8, 4) is 0 Å². The molecule has 20 heavy (non-hydrogen) atoms. The first-order valence-electron chi connectivity index (χ1n) is 5.53. The first-order chi connectivity index (χ1) is 9.03. The van der Waals surface area contributed by atoms with Gasteiger partial charge in [-0.3, -0.25) is 0 Å². The molecule has 1 rings (SSSR count). The molecule has 0 saturated heterocycles. The van der Waals surface area contributed by atoms with Crippen molar-refractivity contribution in [1.82, 2.24) is 9.44 Å². The summed E-state index contributed by atoms with van der Waals surface area (Å²) in [7, 11) is -7.14. The van der Waals surface area contributed by atoms with Crippen LogP contribution in [0.2, 0.25) is 5.02 Å². The van der Waals surface area contributed by atoms with Crippen molar-refractivity contribution in [2.75, 3.05) is 25.1 Å². The minimum Gasteiger partial charge on any atom is -0.398 e. The van der Waals surface area contributed by atoms with Crippen LogP contribution in [-0.2, 0) is 20.0 Å². The van der Waals surface area contributed by atoms with Gasteiger partial charge in [-0.1, -0.05) is 11.6 Å². The molecule has 0 aliphatic heterocycles. The van der Waals surface area contributed by atoms with Crippen LogP contribution < -0.4 is 15.2 Å². The van der Waals surface area contributed by atoms with Gasteiger partial charge in [0.1, 0.15) is 0 Å². The van der Waals surface area contributed by atoms with Gasteiger partial charge in [0.15, 0.2) is 0 Å². The maximum Gasteiger partial charge on any atom is 0.240 e. The number of rotatable bonds is 6. The Labute approximate surface area is 123 Å². The molecule has 7 nitrogen and oxygen atoms in total. The lowest BCUT2D eigenvalue weighted by Crippen LogP contribution is -2.34. The van der Waals surface area contributed by atoms with E-state index in [1.807, 2.05) is 0 Å². The summed E-state index contributed by atoms with van der Waals surface area (Å²) >= 11 is 5.88. The predicted octanol–water partition coefficient (Wildman–Crippen LogP) is 0.0581. The van der Waals surface area contributed by atoms with Gasteiger partial charge in [0.25, 0.3) is 0 Å². The second-order valence-corrected chi connectivity index (χ2v) is 8.19. The summed E-state index contributed by atoms with van der Waals surface area (Å²) in [5.74, 6) is 0. The fourth-order valence-electron chi connectivity index (χ4n) is 1.33. The van der Waals surface area contributed by atoms with Crippen LogP contribution in [0.5, 0.6) is 0 Å². The van der Waals surface area contributed by atoms with E-state index in [-0.39, 0.29) is 28.7 Å². The largest absolute Gasteiger partial charge is 0.398 e. The SMILES string of the molecule is Cc1c(N)cc(S(=O)(=O)NCCNS(C)(=O)=O)cc1Cl. The molecule has 114 valence electrons. The number of sulfonamides is 2. The number of anilines is 1. The molecule has 0 spiro atoms. The number of nitrogens with two attached hydrogens (primary N) is 1. The minimum atomic E-state index is -3.79. The Morgan fingerprint density at radius 1 is 1.15 bits per heavy atom. The van der Waals surface area contributed by atoms with Gasteiger partial charge in [0.05, 0.1) is 11.2 Å². The molecule has 0 bridgehead atoms. The molecular weight excluding hydrogens is 326 g/mol. The Kier molecular flexibility index (Phi) is 5.39. The number of benzene rings is 1. The van der Waals surface area contributed by atoms with Crippen LogP contribution in [-0.4, -0.2) is 36.2 Å². The quantitative estimate of drug-likeness (QED) is 0.499. The number of nitrogen functional groups attached to an aromatic ring is 1. The van der Waals surface area contributed by atoms with Crippen LogP contribution >= 0.6 is 11.6 Å². The Morgan fingerprint density at radius 2 is 1.70 bits per heavy atom. The molecule has 0 aromatic heterocycles. The minimum absolute atomic E-state index is 0.0485. The molecule has 1 aromatic carbocycles. The highest BCUT2D eigenvalue weighted by molar-refractivity contribution is 7.89. The van der Waals surface area contributed by atoms with Crippen LogP contribution in [0.3, 0.4) is 0 Å². The zero-order valence-electron chi connectivity index (χ0n) is 11.0. The molecular formula is C10H16ClN3O4S2. The Morgan fingerprint density at radius 3 is 2.20 bits per heavy atom. The maximum absolute atomic E-state index is 12.0. The van der Waals surface area contributed by atoms with Crippen LogP contribution in [0, 0.1) is 6.92 Å². The maximum atomic E-state index is 12.0. The van der Waals surface area contributed by atoms with Crippen LogP contribution in [0.15, 0.2) is 17.0 Å². The molecule has 0 saturated carbocycles. The summed E-state index contributed by atoms with van der Waals surface area (Å²) in [5, 5.41) is 0.250. The molecule has 10 heteroatoms. The van der Waals surface area contributed by atoms with Gasteiger partial charge in [0, 0.05) is 23.8 Å². The molecule has 0 radical (unpaired) electrons. The van der Waals surface area contributed by atoms with Crippen molar-refractivity contribution in [1.29, 1.82) is 0 Å². The van der Waals surface area contributed by atoms with Gasteiger partial charge in [-0.25, -0.2) is 26.3 Å². The summed E-state index contributed by atoms with van der Waals surface area (Å²) in [6.07, 6.45) is 0.988. The molecule has 0 atom stereocenters. The third kappa shape index (κ3) is 4.91. The average molecular weight is 342 g/mol. The monoisotopic (exact) mass is 341 g/mol. The van der Waals surface area contributed by atoms with E-state index in [4.69, 9.17) is 17.3 Å². The number of hydrogen-bond acceptors (Lipinski definition) is 5. The van der Waals surface area contributed by atoms with Gasteiger partial charge >= 0.3 is 0 Å². The third-order valence-corrected chi connectivity index (χ3v) is 5.01. The molecule has 0 amide bonds. The van der Waals surface area contributed by atoms with Crippen molar-refractivity contribution in [2.45, 2.75) is 11.8 Å². The van der Waals surface area contributed by atoms with Gasteiger partial charge < -0.3 is 5.73 Å². The van der Waals surface area contributed by atoms with Crippen molar-refractivity contribution < 1.29 is 16.8 Å². The summed E-state index contributed by atoms with van der Waals surface area (Å²) in [6, 6.07) is 2.59. The van der Waals surface area contributed by atoms with Gasteiger partial charge in [-0.2, -0.15) is 0 Å². The van der Waals surface area contributed by atoms with Crippen molar-refractivity contribution in [3.63, 3.8) is 0 Å².